The first-order valence-electron chi connectivity index (χ1n) is 4.54. The Balaban J connectivity index is 2.28. The van der Waals surface area contributed by atoms with Gasteiger partial charge < -0.3 is 10.5 Å². The van der Waals surface area contributed by atoms with Crippen LogP contribution in [0, 0.1) is 0 Å². The molecule has 0 aliphatic heterocycles. The van der Waals surface area contributed by atoms with Crippen molar-refractivity contribution in [2.24, 2.45) is 0 Å². The Hall–Kier alpha value is -1.32. The first kappa shape index (κ1) is 9.77. The fourth-order valence-corrected chi connectivity index (χ4v) is 0.966. The predicted octanol–water partition coefficient (Wildman–Crippen LogP) is 1.63. The lowest BCUT2D eigenvalue weighted by Crippen LogP contribution is -2.01. The zero-order chi connectivity index (χ0) is 9.52. The van der Waals surface area contributed by atoms with Crippen molar-refractivity contribution in [3.05, 3.63) is 12.3 Å². The standard InChI is InChI=1S/C9H15N3O/c1-2-3-4-7-13-8-5-6-11-9(10)12-8/h5-6H,2-4,7H2,1H3,(H2,10,11,12). The van der Waals surface area contributed by atoms with Gasteiger partial charge in [-0.2, -0.15) is 4.98 Å². The summed E-state index contributed by atoms with van der Waals surface area (Å²) in [4.78, 5) is 7.69. The molecule has 0 unspecified atom stereocenters. The molecule has 0 fully saturated rings. The van der Waals surface area contributed by atoms with Crippen LogP contribution in [0.25, 0.3) is 0 Å². The van der Waals surface area contributed by atoms with Gasteiger partial charge >= 0.3 is 0 Å². The molecule has 72 valence electrons. The molecule has 0 saturated heterocycles. The van der Waals surface area contributed by atoms with Gasteiger partial charge in [0.1, 0.15) is 0 Å². The Morgan fingerprint density at radius 2 is 2.31 bits per heavy atom. The van der Waals surface area contributed by atoms with Crippen molar-refractivity contribution in [3.63, 3.8) is 0 Å². The Bertz CT molecular complexity index is 252. The van der Waals surface area contributed by atoms with Crippen molar-refractivity contribution < 1.29 is 4.74 Å². The van der Waals surface area contributed by atoms with Crippen LogP contribution in [0.4, 0.5) is 5.95 Å². The molecular weight excluding hydrogens is 166 g/mol. The number of unbranched alkanes of at least 4 members (excludes halogenated alkanes) is 2. The highest BCUT2D eigenvalue weighted by Gasteiger charge is 1.95. The lowest BCUT2D eigenvalue weighted by Gasteiger charge is -2.03. The summed E-state index contributed by atoms with van der Waals surface area (Å²) in [6, 6.07) is 1.71. The molecular formula is C9H15N3O. The summed E-state index contributed by atoms with van der Waals surface area (Å²) < 4.78 is 5.36. The second kappa shape index (κ2) is 5.35. The van der Waals surface area contributed by atoms with Gasteiger partial charge in [0, 0.05) is 12.3 Å². The average Bonchev–Trinajstić information content (AvgIpc) is 2.13. The van der Waals surface area contributed by atoms with E-state index in [0.29, 0.717) is 12.5 Å². The van der Waals surface area contributed by atoms with Crippen LogP contribution in [0.2, 0.25) is 0 Å². The molecule has 1 heterocycles. The molecule has 0 aliphatic rings. The van der Waals surface area contributed by atoms with Gasteiger partial charge in [-0.1, -0.05) is 19.8 Å². The van der Waals surface area contributed by atoms with Crippen LogP contribution in [-0.4, -0.2) is 16.6 Å². The normalized spacial score (nSPS) is 9.92. The Morgan fingerprint density at radius 3 is 3.00 bits per heavy atom. The fraction of sp³-hybridized carbons (Fsp3) is 0.556. The van der Waals surface area contributed by atoms with Gasteiger partial charge in [-0.05, 0) is 6.42 Å². The van der Waals surface area contributed by atoms with Gasteiger partial charge in [0.25, 0.3) is 0 Å². The maximum absolute atomic E-state index is 5.39. The van der Waals surface area contributed by atoms with E-state index in [9.17, 15) is 0 Å². The minimum Gasteiger partial charge on any atom is -0.478 e. The van der Waals surface area contributed by atoms with Gasteiger partial charge in [-0.3, -0.25) is 0 Å². The van der Waals surface area contributed by atoms with Crippen molar-refractivity contribution in [1.82, 2.24) is 9.97 Å². The van der Waals surface area contributed by atoms with E-state index in [4.69, 9.17) is 10.5 Å². The monoisotopic (exact) mass is 181 g/mol. The van der Waals surface area contributed by atoms with Crippen LogP contribution in [0.15, 0.2) is 12.3 Å². The second-order valence-corrected chi connectivity index (χ2v) is 2.81. The lowest BCUT2D eigenvalue weighted by molar-refractivity contribution is 0.295. The summed E-state index contributed by atoms with van der Waals surface area (Å²) in [6.45, 7) is 2.85. The average molecular weight is 181 g/mol. The van der Waals surface area contributed by atoms with Gasteiger partial charge in [0.05, 0.1) is 6.61 Å². The molecule has 0 spiro atoms. The minimum absolute atomic E-state index is 0.257. The summed E-state index contributed by atoms with van der Waals surface area (Å²) >= 11 is 0. The predicted molar refractivity (Wildman–Crippen MR) is 51.5 cm³/mol. The molecule has 0 aliphatic carbocycles. The number of hydrogen-bond acceptors (Lipinski definition) is 4. The Labute approximate surface area is 78.1 Å². The van der Waals surface area contributed by atoms with E-state index in [1.165, 1.54) is 12.8 Å². The summed E-state index contributed by atoms with van der Waals surface area (Å²) in [7, 11) is 0. The van der Waals surface area contributed by atoms with E-state index in [-0.39, 0.29) is 5.95 Å². The number of rotatable bonds is 5. The number of anilines is 1. The molecule has 1 aromatic heterocycles. The van der Waals surface area contributed by atoms with Crippen LogP contribution >= 0.6 is 0 Å². The Morgan fingerprint density at radius 1 is 1.46 bits per heavy atom. The molecule has 0 aromatic carbocycles. The number of nitrogen functional groups attached to an aromatic ring is 1. The summed E-state index contributed by atoms with van der Waals surface area (Å²) in [5, 5.41) is 0. The van der Waals surface area contributed by atoms with Crippen LogP contribution in [0.3, 0.4) is 0 Å². The van der Waals surface area contributed by atoms with Crippen molar-refractivity contribution in [3.8, 4) is 5.88 Å². The van der Waals surface area contributed by atoms with E-state index < -0.39 is 0 Å². The third-order valence-electron chi connectivity index (χ3n) is 1.65. The summed E-state index contributed by atoms with van der Waals surface area (Å²) in [6.07, 6.45) is 5.02. The zero-order valence-electron chi connectivity index (χ0n) is 7.86. The molecule has 4 heteroatoms. The first-order chi connectivity index (χ1) is 6.33. The molecule has 2 N–H and O–H groups in total. The maximum Gasteiger partial charge on any atom is 0.223 e. The SMILES string of the molecule is CCCCCOc1ccnc(N)n1. The molecule has 0 saturated carbocycles. The highest BCUT2D eigenvalue weighted by atomic mass is 16.5. The van der Waals surface area contributed by atoms with Crippen LogP contribution < -0.4 is 10.5 Å². The Kier molecular flexibility index (Phi) is 4.02. The molecule has 0 radical (unpaired) electrons. The van der Waals surface area contributed by atoms with Crippen molar-refractivity contribution in [2.45, 2.75) is 26.2 Å². The van der Waals surface area contributed by atoms with E-state index in [0.717, 1.165) is 6.42 Å². The van der Waals surface area contributed by atoms with E-state index in [2.05, 4.69) is 16.9 Å². The van der Waals surface area contributed by atoms with E-state index >= 15 is 0 Å². The number of nitrogens with zero attached hydrogens (tertiary/aromatic N) is 2. The molecule has 0 atom stereocenters. The topological polar surface area (TPSA) is 61.0 Å². The van der Waals surface area contributed by atoms with Crippen LogP contribution in [-0.2, 0) is 0 Å². The smallest absolute Gasteiger partial charge is 0.223 e. The number of aromatic nitrogens is 2. The largest absolute Gasteiger partial charge is 0.478 e. The van der Waals surface area contributed by atoms with Crippen molar-refractivity contribution >= 4 is 5.95 Å². The van der Waals surface area contributed by atoms with Crippen molar-refractivity contribution in [1.29, 1.82) is 0 Å². The summed E-state index contributed by atoms with van der Waals surface area (Å²) in [5.41, 5.74) is 5.39. The fourth-order valence-electron chi connectivity index (χ4n) is 0.966. The summed E-state index contributed by atoms with van der Waals surface area (Å²) in [5.74, 6) is 0.816. The van der Waals surface area contributed by atoms with Gasteiger partial charge in [0.15, 0.2) is 0 Å². The first-order valence-corrected chi connectivity index (χ1v) is 4.54. The van der Waals surface area contributed by atoms with Gasteiger partial charge in [0.2, 0.25) is 11.8 Å². The minimum atomic E-state index is 0.257. The van der Waals surface area contributed by atoms with Crippen LogP contribution in [0.1, 0.15) is 26.2 Å². The molecule has 1 aromatic rings. The third kappa shape index (κ3) is 3.73. The van der Waals surface area contributed by atoms with Crippen LogP contribution in [0.5, 0.6) is 5.88 Å². The van der Waals surface area contributed by atoms with Gasteiger partial charge in [-0.25, -0.2) is 4.98 Å². The zero-order valence-corrected chi connectivity index (χ0v) is 7.86. The lowest BCUT2D eigenvalue weighted by atomic mass is 10.3. The van der Waals surface area contributed by atoms with E-state index in [1.54, 1.807) is 12.3 Å². The highest BCUT2D eigenvalue weighted by molar-refractivity contribution is 5.20. The molecule has 0 bridgehead atoms. The molecule has 1 rings (SSSR count). The van der Waals surface area contributed by atoms with E-state index in [1.807, 2.05) is 0 Å². The highest BCUT2D eigenvalue weighted by Crippen LogP contribution is 2.06. The molecule has 13 heavy (non-hydrogen) atoms. The van der Waals surface area contributed by atoms with Gasteiger partial charge in [-0.15, -0.1) is 0 Å². The number of nitrogens with two attached hydrogens (primary N) is 1. The third-order valence-corrected chi connectivity index (χ3v) is 1.65. The number of hydrogen-bond donors (Lipinski definition) is 1. The quantitative estimate of drug-likeness (QED) is 0.701. The van der Waals surface area contributed by atoms with Crippen molar-refractivity contribution in [2.75, 3.05) is 12.3 Å². The second-order valence-electron chi connectivity index (χ2n) is 2.81. The number of ether oxygens (including phenoxy) is 1. The maximum atomic E-state index is 5.39. The molecule has 0 amide bonds. The molecule has 4 nitrogen and oxygen atoms in total.